The quantitative estimate of drug-likeness (QED) is 0.813. The Bertz CT molecular complexity index is 765. The third-order valence-corrected chi connectivity index (χ3v) is 4.68. The van der Waals surface area contributed by atoms with Gasteiger partial charge in [0.1, 0.15) is 0 Å². The summed E-state index contributed by atoms with van der Waals surface area (Å²) >= 11 is 0. The third-order valence-electron chi connectivity index (χ3n) is 2.81. The molecule has 2 N–H and O–H groups in total. The fourth-order valence-corrected chi connectivity index (χ4v) is 3.52. The molecule has 0 amide bonds. The van der Waals surface area contributed by atoms with Crippen LogP contribution in [-0.4, -0.2) is 68.3 Å². The maximum absolute atomic E-state index is 12.6. The van der Waals surface area contributed by atoms with Crippen molar-refractivity contribution in [3.05, 3.63) is 59.7 Å². The Hall–Kier alpha value is -1.41. The summed E-state index contributed by atoms with van der Waals surface area (Å²) in [7, 11) is -4.25. The predicted octanol–water partition coefficient (Wildman–Crippen LogP) is 1.54. The minimum atomic E-state index is -4.25. The number of carboxylic acid groups (broad SMARTS) is 2. The number of rotatable bonds is 4. The fourth-order valence-electron chi connectivity index (χ4n) is 1.87. The SMILES string of the molecule is O=C(O)c1ccccc1S(=O)(=O)c1ccccc1C(=O)O.[Ca]. The van der Waals surface area contributed by atoms with Crippen LogP contribution in [0, 0.1) is 0 Å². The number of hydrogen-bond donors (Lipinski definition) is 2. The number of carbonyl (C=O) groups is 2. The van der Waals surface area contributed by atoms with Gasteiger partial charge in [0.2, 0.25) is 9.84 Å². The first kappa shape index (κ1) is 18.6. The van der Waals surface area contributed by atoms with Crippen LogP contribution in [0.1, 0.15) is 20.7 Å². The first-order valence-electron chi connectivity index (χ1n) is 5.75. The minimum absolute atomic E-state index is 0. The predicted molar refractivity (Wildman–Crippen MR) is 78.0 cm³/mol. The van der Waals surface area contributed by atoms with E-state index in [2.05, 4.69) is 0 Å². The van der Waals surface area contributed by atoms with E-state index in [0.717, 1.165) is 24.3 Å². The van der Waals surface area contributed by atoms with Gasteiger partial charge in [-0.25, -0.2) is 18.0 Å². The zero-order valence-corrected chi connectivity index (χ0v) is 14.3. The summed E-state index contributed by atoms with van der Waals surface area (Å²) in [6, 6.07) is 10.1. The van der Waals surface area contributed by atoms with Gasteiger partial charge >= 0.3 is 11.9 Å². The van der Waals surface area contributed by atoms with E-state index in [0.29, 0.717) is 0 Å². The van der Waals surface area contributed by atoms with Crippen LogP contribution in [0.5, 0.6) is 0 Å². The molecule has 0 saturated carbocycles. The van der Waals surface area contributed by atoms with E-state index in [9.17, 15) is 18.0 Å². The molecular formula is C14H10CaO6S. The van der Waals surface area contributed by atoms with Crippen LogP contribution in [-0.2, 0) is 9.84 Å². The average Bonchev–Trinajstić information content (AvgIpc) is 2.47. The van der Waals surface area contributed by atoms with E-state index in [1.807, 2.05) is 0 Å². The molecule has 0 unspecified atom stereocenters. The third kappa shape index (κ3) is 3.49. The van der Waals surface area contributed by atoms with Crippen LogP contribution >= 0.6 is 0 Å². The fraction of sp³-hybridized carbons (Fsp3) is 0. The minimum Gasteiger partial charge on any atom is -0.478 e. The van der Waals surface area contributed by atoms with Crippen molar-refractivity contribution in [2.24, 2.45) is 0 Å². The Morgan fingerprint density at radius 1 is 0.727 bits per heavy atom. The molecule has 0 spiro atoms. The average molecular weight is 346 g/mol. The number of carboxylic acids is 2. The molecule has 2 rings (SSSR count). The van der Waals surface area contributed by atoms with Crippen molar-refractivity contribution in [3.8, 4) is 0 Å². The van der Waals surface area contributed by atoms with Gasteiger partial charge in [0.25, 0.3) is 0 Å². The number of aromatic carboxylic acids is 2. The molecule has 0 aliphatic rings. The van der Waals surface area contributed by atoms with Crippen molar-refractivity contribution in [2.75, 3.05) is 0 Å². The van der Waals surface area contributed by atoms with Gasteiger partial charge in [-0.3, -0.25) is 0 Å². The second-order valence-electron chi connectivity index (χ2n) is 4.11. The van der Waals surface area contributed by atoms with Crippen LogP contribution in [0.25, 0.3) is 0 Å². The molecule has 110 valence electrons. The van der Waals surface area contributed by atoms with Gasteiger partial charge in [-0.1, -0.05) is 24.3 Å². The molecule has 0 saturated heterocycles. The molecule has 2 radical (unpaired) electrons. The summed E-state index contributed by atoms with van der Waals surface area (Å²) in [4.78, 5) is 21.4. The van der Waals surface area contributed by atoms with E-state index in [-0.39, 0.29) is 37.7 Å². The van der Waals surface area contributed by atoms with E-state index >= 15 is 0 Å². The molecule has 0 bridgehead atoms. The van der Waals surface area contributed by atoms with Crippen molar-refractivity contribution in [3.63, 3.8) is 0 Å². The maximum Gasteiger partial charge on any atom is 0.337 e. The van der Waals surface area contributed by atoms with E-state index < -0.39 is 42.7 Å². The van der Waals surface area contributed by atoms with Gasteiger partial charge < -0.3 is 10.2 Å². The van der Waals surface area contributed by atoms with Gasteiger partial charge in [-0.2, -0.15) is 0 Å². The molecular weight excluding hydrogens is 336 g/mol. The Morgan fingerprint density at radius 2 is 1.05 bits per heavy atom. The summed E-state index contributed by atoms with van der Waals surface area (Å²) in [5.41, 5.74) is -0.810. The van der Waals surface area contributed by atoms with Crippen LogP contribution in [0.4, 0.5) is 0 Å². The molecule has 22 heavy (non-hydrogen) atoms. The van der Waals surface area contributed by atoms with Crippen LogP contribution < -0.4 is 0 Å². The van der Waals surface area contributed by atoms with Gasteiger partial charge in [0.15, 0.2) is 0 Å². The summed E-state index contributed by atoms with van der Waals surface area (Å²) in [6.45, 7) is 0. The van der Waals surface area contributed by atoms with Crippen molar-refractivity contribution in [2.45, 2.75) is 9.79 Å². The largest absolute Gasteiger partial charge is 0.478 e. The molecule has 0 aromatic heterocycles. The van der Waals surface area contributed by atoms with E-state index in [1.165, 1.54) is 24.3 Å². The Morgan fingerprint density at radius 3 is 1.36 bits per heavy atom. The van der Waals surface area contributed by atoms with Crippen molar-refractivity contribution < 1.29 is 28.2 Å². The number of sulfone groups is 1. The van der Waals surface area contributed by atoms with Crippen molar-refractivity contribution >= 4 is 59.5 Å². The standard InChI is InChI=1S/C14H10O6S.Ca/c15-13(16)9-5-1-3-7-11(9)21(19,20)12-8-4-2-6-10(12)14(17)18;/h1-8H,(H,15,16)(H,17,18);. The second-order valence-corrected chi connectivity index (χ2v) is 5.99. The van der Waals surface area contributed by atoms with Crippen LogP contribution in [0.3, 0.4) is 0 Å². The van der Waals surface area contributed by atoms with E-state index in [1.54, 1.807) is 0 Å². The van der Waals surface area contributed by atoms with Crippen LogP contribution in [0.2, 0.25) is 0 Å². The molecule has 2 aromatic carbocycles. The van der Waals surface area contributed by atoms with Gasteiger partial charge in [0.05, 0.1) is 20.9 Å². The summed E-state index contributed by atoms with van der Waals surface area (Å²) in [5, 5.41) is 18.1. The second kappa shape index (κ2) is 7.23. The van der Waals surface area contributed by atoms with Crippen molar-refractivity contribution in [1.29, 1.82) is 0 Å². The topological polar surface area (TPSA) is 109 Å². The Labute approximate surface area is 156 Å². The Balaban J connectivity index is 0.00000242. The van der Waals surface area contributed by atoms with Crippen LogP contribution in [0.15, 0.2) is 58.3 Å². The summed E-state index contributed by atoms with van der Waals surface area (Å²) in [6.07, 6.45) is 0. The molecule has 8 heteroatoms. The number of benzene rings is 2. The first-order chi connectivity index (χ1) is 9.85. The normalized spacial score (nSPS) is 10.5. The van der Waals surface area contributed by atoms with Crippen molar-refractivity contribution in [1.82, 2.24) is 0 Å². The van der Waals surface area contributed by atoms with E-state index in [4.69, 9.17) is 10.2 Å². The number of hydrogen-bond acceptors (Lipinski definition) is 4. The molecule has 0 atom stereocenters. The zero-order valence-electron chi connectivity index (χ0n) is 11.3. The van der Waals surface area contributed by atoms with Gasteiger partial charge in [-0.05, 0) is 24.3 Å². The molecule has 6 nitrogen and oxygen atoms in total. The molecule has 0 fully saturated rings. The summed E-state index contributed by atoms with van der Waals surface area (Å²) in [5.74, 6) is -2.80. The molecule has 0 aliphatic carbocycles. The van der Waals surface area contributed by atoms with Gasteiger partial charge in [-0.15, -0.1) is 0 Å². The zero-order chi connectivity index (χ0) is 15.6. The first-order valence-corrected chi connectivity index (χ1v) is 7.23. The summed E-state index contributed by atoms with van der Waals surface area (Å²) < 4.78 is 25.1. The smallest absolute Gasteiger partial charge is 0.337 e. The Kier molecular flexibility index (Phi) is 6.13. The van der Waals surface area contributed by atoms with Gasteiger partial charge in [0, 0.05) is 37.7 Å². The molecule has 0 heterocycles. The molecule has 0 aliphatic heterocycles. The molecule has 2 aromatic rings. The maximum atomic E-state index is 12.6. The monoisotopic (exact) mass is 346 g/mol.